The number of alkyl carbamates (subject to hydrolysis) is 1. The number of halogens is 3. The molecule has 82 heavy (non-hydrogen) atoms. The molecule has 9 N–H and O–H groups in total. The molecule has 0 aliphatic carbocycles. The zero-order valence-electron chi connectivity index (χ0n) is 47.4. The van der Waals surface area contributed by atoms with Crippen LogP contribution in [0.5, 0.6) is 5.75 Å². The molecule has 0 spiro atoms. The fourth-order valence-electron chi connectivity index (χ4n) is 9.60. The van der Waals surface area contributed by atoms with Gasteiger partial charge in [0.2, 0.25) is 23.6 Å². The molecule has 0 radical (unpaired) electrons. The molecule has 2 aromatic carbocycles. The molecule has 2 saturated heterocycles. The number of aliphatic hydroxyl groups is 1. The Labute approximate surface area is 499 Å². The van der Waals surface area contributed by atoms with Crippen LogP contribution in [-0.2, 0) is 54.1 Å². The number of anilines is 3. The van der Waals surface area contributed by atoms with Crippen molar-refractivity contribution >= 4 is 108 Å². The van der Waals surface area contributed by atoms with Gasteiger partial charge >= 0.3 is 24.2 Å². The number of unbranched alkanes of at least 4 members (excludes halogenated alkanes) is 2. The minimum absolute atomic E-state index is 0.0719. The smallest absolute Gasteiger partial charge is 0.412 e. The predicted molar refractivity (Wildman–Crippen MR) is 314 cm³/mol. The van der Waals surface area contributed by atoms with Crippen LogP contribution in [0.4, 0.5) is 31.4 Å². The standard InChI is InChI=1S/C56H77Br2ClN8O15/c1-31(2)47(65-44(68)17-10-9-11-23-79-51(72)35(29-57)30-58)50(71)64-38(15-13-22-61-52(60)73)49(70)62-36-18-20-37(21-19-36)63-53(74)81-43-27-45(69)67(6)39-25-34(26-40(77-7)46(39)59)24-32(3)14-12-16-42(78-8)56(76)28-41(80-54(75)66-56)33(4)48-55(43,5)82-48/h12,14,16,18-21,25-26,31,33,35,38,41-43,47-48,76H,9-11,13,15,17,22-24,27-30H2,1-8H3,(H,62,70)(H,63,74)(H,64,71)(H,65,68)(H,66,75)(H3,60,61,73)/b16-12+,32-14+/t33-,38+,41+,42-,43+,47+,48+,55+,56+/m1/s1. The minimum atomic E-state index is -1.89. The molecule has 5 rings (SSSR count). The van der Waals surface area contributed by atoms with E-state index in [1.165, 1.54) is 50.4 Å². The number of methoxy groups -OCH3 is 2. The number of hydrogen-bond acceptors (Lipinski definition) is 15. The van der Waals surface area contributed by atoms with Gasteiger partial charge in [0.15, 0.2) is 5.72 Å². The number of hydrogen-bond donors (Lipinski definition) is 8. The number of allylic oxidation sites excluding steroid dienone is 3. The second-order valence-electron chi connectivity index (χ2n) is 21.2. The van der Waals surface area contributed by atoms with Gasteiger partial charge in [-0.1, -0.05) is 88.0 Å². The summed E-state index contributed by atoms with van der Waals surface area (Å²) in [5.74, 6) is -3.36. The van der Waals surface area contributed by atoms with Crippen molar-refractivity contribution in [3.8, 4) is 5.75 Å². The molecule has 0 saturated carbocycles. The maximum atomic E-state index is 14.4. The summed E-state index contributed by atoms with van der Waals surface area (Å²) >= 11 is 13.4. The Hall–Kier alpha value is -5.99. The fraction of sp³-hybridized carbons (Fsp3) is 0.571. The summed E-state index contributed by atoms with van der Waals surface area (Å²) in [6.45, 7) is 9.16. The van der Waals surface area contributed by atoms with E-state index in [0.717, 1.165) is 11.1 Å². The Kier molecular flexibility index (Phi) is 25.3. The normalized spacial score (nSPS) is 24.4. The summed E-state index contributed by atoms with van der Waals surface area (Å²) < 4.78 is 34.7. The maximum Gasteiger partial charge on any atom is 0.412 e. The van der Waals surface area contributed by atoms with Gasteiger partial charge in [-0.25, -0.2) is 14.4 Å². The molecule has 0 aromatic heterocycles. The van der Waals surface area contributed by atoms with Gasteiger partial charge in [0, 0.05) is 61.5 Å². The number of nitrogens with two attached hydrogens (primary N) is 1. The van der Waals surface area contributed by atoms with Crippen molar-refractivity contribution in [2.24, 2.45) is 23.5 Å². The van der Waals surface area contributed by atoms with Crippen LogP contribution in [0.3, 0.4) is 0 Å². The van der Waals surface area contributed by atoms with Gasteiger partial charge in [0.1, 0.15) is 46.8 Å². The summed E-state index contributed by atoms with van der Waals surface area (Å²) in [4.78, 5) is 107. The number of epoxide rings is 1. The van der Waals surface area contributed by atoms with Crippen LogP contribution in [-0.4, -0.2) is 146 Å². The van der Waals surface area contributed by atoms with Crippen molar-refractivity contribution < 1.29 is 71.9 Å². The van der Waals surface area contributed by atoms with Gasteiger partial charge in [-0.15, -0.1) is 0 Å². The van der Waals surface area contributed by atoms with E-state index in [0.29, 0.717) is 47.8 Å². The zero-order valence-corrected chi connectivity index (χ0v) is 51.3. The largest absolute Gasteiger partial charge is 0.495 e. The molecule has 0 unspecified atom stereocenters. The number of nitrogens with one attached hydrogen (secondary N) is 6. The topological polar surface area (TPSA) is 317 Å². The van der Waals surface area contributed by atoms with E-state index in [-0.39, 0.29) is 78.9 Å². The second-order valence-corrected chi connectivity index (χ2v) is 22.8. The number of ether oxygens (including phenoxy) is 6. The Balaban J connectivity index is 1.29. The van der Waals surface area contributed by atoms with Crippen LogP contribution in [0.2, 0.25) is 5.02 Å². The van der Waals surface area contributed by atoms with Gasteiger partial charge < -0.3 is 65.4 Å². The number of benzene rings is 2. The van der Waals surface area contributed by atoms with Gasteiger partial charge in [0.25, 0.3) is 0 Å². The van der Waals surface area contributed by atoms with E-state index in [9.17, 15) is 43.5 Å². The van der Waals surface area contributed by atoms with Crippen LogP contribution < -0.4 is 47.3 Å². The monoisotopic (exact) mass is 1290 g/mol. The van der Waals surface area contributed by atoms with Crippen molar-refractivity contribution in [2.75, 3.05) is 60.6 Å². The van der Waals surface area contributed by atoms with Crippen LogP contribution in [0.25, 0.3) is 0 Å². The van der Waals surface area contributed by atoms with Gasteiger partial charge in [0.05, 0.1) is 37.8 Å². The average Bonchev–Trinajstić information content (AvgIpc) is 3.43. The first-order chi connectivity index (χ1) is 38.9. The molecule has 9 atom stereocenters. The molecule has 3 aliphatic rings. The zero-order chi connectivity index (χ0) is 60.5. The summed E-state index contributed by atoms with van der Waals surface area (Å²) in [7, 11) is 4.41. The SMILES string of the molecule is COc1cc2cc(c1Cl)N(C)C(=O)C[C@H](OC(=O)Nc1ccc(NC(=O)[C@H](CCCNC(N)=O)NC(=O)[C@@H](NC(=O)CCCCCOC(=O)C(CBr)CBr)C(C)C)cc1)[C@]1(C)O[C@H]1[C@H](C)[C@@H]1C[C@@](O)(NC(=O)O1)[C@H](OC)/C=C/C=C(\C)C2. The average molecular weight is 1300 g/mol. The number of nitrogens with zero attached hydrogens (tertiary/aromatic N) is 1. The number of rotatable bonds is 23. The van der Waals surface area contributed by atoms with E-state index >= 15 is 0 Å². The Morgan fingerprint density at radius 3 is 2.29 bits per heavy atom. The highest BCUT2D eigenvalue weighted by molar-refractivity contribution is 9.09. The maximum absolute atomic E-state index is 14.4. The van der Waals surface area contributed by atoms with E-state index in [1.54, 1.807) is 52.0 Å². The fourth-order valence-corrected chi connectivity index (χ4v) is 11.5. The lowest BCUT2D eigenvalue weighted by Gasteiger charge is -2.42. The molecule has 3 aliphatic heterocycles. The van der Waals surface area contributed by atoms with Gasteiger partial charge in [-0.2, -0.15) is 0 Å². The molecule has 2 fully saturated rings. The minimum Gasteiger partial charge on any atom is -0.495 e. The number of urea groups is 1. The van der Waals surface area contributed by atoms with Crippen molar-refractivity contribution in [1.82, 2.24) is 21.3 Å². The number of primary amides is 1. The Morgan fingerprint density at radius 1 is 0.976 bits per heavy atom. The lowest BCUT2D eigenvalue weighted by atomic mass is 9.83. The quantitative estimate of drug-likeness (QED) is 0.0185. The number of carbonyl (C=O) groups is 8. The Morgan fingerprint density at radius 2 is 1.66 bits per heavy atom. The van der Waals surface area contributed by atoms with Gasteiger partial charge in [-0.05, 0) is 100 Å². The van der Waals surface area contributed by atoms with E-state index < -0.39 is 96.1 Å². The first kappa shape index (κ1) is 66.8. The lowest BCUT2D eigenvalue weighted by Crippen LogP contribution is -2.63. The van der Waals surface area contributed by atoms with Crippen LogP contribution in [0, 0.1) is 17.8 Å². The van der Waals surface area contributed by atoms with Crippen LogP contribution >= 0.6 is 43.5 Å². The molecular formula is C56H77Br2ClN8O15. The summed E-state index contributed by atoms with van der Waals surface area (Å²) in [6.07, 6.45) is 1.38. The van der Waals surface area contributed by atoms with Crippen molar-refractivity contribution in [3.05, 3.63) is 70.8 Å². The number of carbonyl (C=O) groups excluding carboxylic acids is 8. The molecule has 3 heterocycles. The van der Waals surface area contributed by atoms with E-state index in [2.05, 4.69) is 63.8 Å². The van der Waals surface area contributed by atoms with Crippen molar-refractivity contribution in [3.63, 3.8) is 0 Å². The van der Waals surface area contributed by atoms with E-state index in [1.807, 2.05) is 13.0 Å². The summed E-state index contributed by atoms with van der Waals surface area (Å²) in [5, 5.41) is 28.9. The van der Waals surface area contributed by atoms with Gasteiger partial charge in [-0.3, -0.25) is 34.6 Å². The van der Waals surface area contributed by atoms with Crippen LogP contribution in [0.15, 0.2) is 60.2 Å². The number of esters is 1. The number of fused-ring (bicyclic) bond motifs is 5. The molecule has 452 valence electrons. The first-order valence-electron chi connectivity index (χ1n) is 27.1. The third-order valence-corrected chi connectivity index (χ3v) is 16.4. The number of amides is 8. The third-order valence-electron chi connectivity index (χ3n) is 14.5. The molecular weight excluding hydrogens is 1220 g/mol. The highest BCUT2D eigenvalue weighted by atomic mass is 79.9. The molecule has 2 aromatic rings. The third kappa shape index (κ3) is 18.8. The number of alkyl halides is 2. The molecule has 8 amide bonds. The van der Waals surface area contributed by atoms with Crippen molar-refractivity contribution in [1.29, 1.82) is 0 Å². The highest BCUT2D eigenvalue weighted by Crippen LogP contribution is 2.49. The molecule has 4 bridgehead atoms. The second kappa shape index (κ2) is 31.1. The highest BCUT2D eigenvalue weighted by Gasteiger charge is 2.64. The molecule has 26 heteroatoms. The summed E-state index contributed by atoms with van der Waals surface area (Å²) in [6, 6.07) is 6.61. The van der Waals surface area contributed by atoms with Crippen molar-refractivity contribution in [2.45, 2.75) is 140 Å². The summed E-state index contributed by atoms with van der Waals surface area (Å²) in [5.41, 5.74) is 4.52. The Bertz CT molecular complexity index is 2660. The van der Waals surface area contributed by atoms with E-state index in [4.69, 9.17) is 45.8 Å². The predicted octanol–water partition coefficient (Wildman–Crippen LogP) is 6.90. The first-order valence-corrected chi connectivity index (χ1v) is 29.7. The lowest BCUT2D eigenvalue weighted by molar-refractivity contribution is -0.147. The van der Waals surface area contributed by atoms with Crippen LogP contribution in [0.1, 0.15) is 91.5 Å². The molecule has 23 nitrogen and oxygen atoms in total.